The molecule has 1 N–H and O–H groups in total. The van der Waals surface area contributed by atoms with Crippen molar-refractivity contribution in [3.63, 3.8) is 0 Å². The largest absolute Gasteiger partial charge is 0.497 e. The van der Waals surface area contributed by atoms with Crippen LogP contribution in [0.4, 0.5) is 9.80 Å². The molecule has 1 aliphatic heterocycles. The molecule has 0 saturated heterocycles. The van der Waals surface area contributed by atoms with Gasteiger partial charge in [0.25, 0.3) is 0 Å². The van der Waals surface area contributed by atoms with Crippen molar-refractivity contribution in [2.45, 2.75) is 19.9 Å². The molecule has 0 saturated carbocycles. The van der Waals surface area contributed by atoms with Crippen LogP contribution in [0.5, 0.6) is 5.75 Å². The average Bonchev–Trinajstić information content (AvgIpc) is 3.08. The lowest BCUT2D eigenvalue weighted by Gasteiger charge is -2.25. The minimum atomic E-state index is -0.364. The highest BCUT2D eigenvalue weighted by molar-refractivity contribution is 7.16. The van der Waals surface area contributed by atoms with E-state index < -0.39 is 0 Å². The van der Waals surface area contributed by atoms with E-state index in [1.54, 1.807) is 25.0 Å². The zero-order chi connectivity index (χ0) is 20.8. The fourth-order valence-corrected chi connectivity index (χ4v) is 4.27. The second-order valence-electron chi connectivity index (χ2n) is 6.29. The number of fused-ring (bicyclic) bond motifs is 1. The number of thiophene rings is 1. The zero-order valence-corrected chi connectivity index (χ0v) is 17.0. The number of hydrogen-bond donors (Lipinski definition) is 1. The molecule has 0 unspecified atom stereocenters. The molecule has 0 bridgehead atoms. The van der Waals surface area contributed by atoms with E-state index in [1.807, 2.05) is 24.3 Å². The fourth-order valence-electron chi connectivity index (χ4n) is 3.05. The zero-order valence-electron chi connectivity index (χ0n) is 16.2. The third-order valence-corrected chi connectivity index (χ3v) is 5.58. The van der Waals surface area contributed by atoms with Crippen LogP contribution in [0.15, 0.2) is 30.3 Å². The SMILES string of the molecule is CCOC(=O)N1CCc2c(sc(NC(=O)/C=C/c3cccc(OC)c3)c2C#N)C1. The number of nitrogens with one attached hydrogen (secondary N) is 1. The van der Waals surface area contributed by atoms with Gasteiger partial charge in [-0.1, -0.05) is 12.1 Å². The summed E-state index contributed by atoms with van der Waals surface area (Å²) in [6, 6.07) is 9.53. The van der Waals surface area contributed by atoms with Crippen LogP contribution >= 0.6 is 11.3 Å². The van der Waals surface area contributed by atoms with E-state index in [0.29, 0.717) is 42.4 Å². The van der Waals surface area contributed by atoms with Crippen LogP contribution in [-0.4, -0.2) is 37.2 Å². The number of nitriles is 1. The van der Waals surface area contributed by atoms with Gasteiger partial charge < -0.3 is 19.7 Å². The van der Waals surface area contributed by atoms with E-state index in [0.717, 1.165) is 16.0 Å². The molecule has 1 aliphatic rings. The molecule has 0 spiro atoms. The predicted molar refractivity (Wildman–Crippen MR) is 111 cm³/mol. The lowest BCUT2D eigenvalue weighted by molar-refractivity contribution is -0.111. The number of hydrogen-bond acceptors (Lipinski definition) is 6. The lowest BCUT2D eigenvalue weighted by Crippen LogP contribution is -2.35. The van der Waals surface area contributed by atoms with Crippen molar-refractivity contribution in [1.29, 1.82) is 5.26 Å². The Morgan fingerprint density at radius 2 is 2.24 bits per heavy atom. The molecule has 29 heavy (non-hydrogen) atoms. The van der Waals surface area contributed by atoms with Crippen molar-refractivity contribution < 1.29 is 19.1 Å². The first-order chi connectivity index (χ1) is 14.0. The van der Waals surface area contributed by atoms with Gasteiger partial charge in [-0.25, -0.2) is 4.79 Å². The standard InChI is InChI=1S/C21H21N3O4S/c1-3-28-21(26)24-10-9-16-17(12-22)20(29-18(16)13-24)23-19(25)8-7-14-5-4-6-15(11-14)27-2/h4-8,11H,3,9-10,13H2,1-2H3,(H,23,25)/b8-7+. The summed E-state index contributed by atoms with van der Waals surface area (Å²) in [6.07, 6.45) is 3.29. The summed E-state index contributed by atoms with van der Waals surface area (Å²) in [7, 11) is 1.58. The van der Waals surface area contributed by atoms with E-state index in [2.05, 4.69) is 11.4 Å². The summed E-state index contributed by atoms with van der Waals surface area (Å²) in [5, 5.41) is 12.9. The highest BCUT2D eigenvalue weighted by Crippen LogP contribution is 2.36. The van der Waals surface area contributed by atoms with Crippen molar-refractivity contribution in [2.75, 3.05) is 25.6 Å². The van der Waals surface area contributed by atoms with E-state index in [1.165, 1.54) is 17.4 Å². The Morgan fingerprint density at radius 3 is 2.97 bits per heavy atom. The molecule has 2 aromatic rings. The minimum absolute atomic E-state index is 0.316. The number of rotatable bonds is 5. The molecular formula is C21H21N3O4S. The molecular weight excluding hydrogens is 390 g/mol. The van der Waals surface area contributed by atoms with Crippen LogP contribution in [0.25, 0.3) is 6.08 Å². The number of anilines is 1. The molecule has 0 fully saturated rings. The van der Waals surface area contributed by atoms with E-state index in [4.69, 9.17) is 9.47 Å². The second kappa shape index (κ2) is 9.26. The van der Waals surface area contributed by atoms with Gasteiger partial charge >= 0.3 is 6.09 Å². The van der Waals surface area contributed by atoms with Crippen LogP contribution in [-0.2, 0) is 22.5 Å². The van der Waals surface area contributed by atoms with Crippen molar-refractivity contribution in [3.8, 4) is 11.8 Å². The van der Waals surface area contributed by atoms with Gasteiger partial charge in [-0.05, 0) is 42.7 Å². The Hall–Kier alpha value is -3.31. The van der Waals surface area contributed by atoms with Crippen molar-refractivity contribution in [2.24, 2.45) is 0 Å². The molecule has 7 nitrogen and oxygen atoms in total. The molecule has 150 valence electrons. The first kappa shape index (κ1) is 20.4. The van der Waals surface area contributed by atoms with Gasteiger partial charge in [0.15, 0.2) is 0 Å². The van der Waals surface area contributed by atoms with Gasteiger partial charge in [-0.2, -0.15) is 5.26 Å². The smallest absolute Gasteiger partial charge is 0.410 e. The minimum Gasteiger partial charge on any atom is -0.497 e. The van der Waals surface area contributed by atoms with E-state index in [9.17, 15) is 14.9 Å². The van der Waals surface area contributed by atoms with Gasteiger partial charge in [0.2, 0.25) is 5.91 Å². The Bertz CT molecular complexity index is 990. The molecule has 0 aliphatic carbocycles. The van der Waals surface area contributed by atoms with Crippen LogP contribution in [0.1, 0.15) is 28.5 Å². The molecule has 2 heterocycles. The number of amides is 2. The topological polar surface area (TPSA) is 91.7 Å². The van der Waals surface area contributed by atoms with Gasteiger partial charge in [0, 0.05) is 17.5 Å². The highest BCUT2D eigenvalue weighted by Gasteiger charge is 2.27. The summed E-state index contributed by atoms with van der Waals surface area (Å²) >= 11 is 1.32. The Labute approximate surface area is 173 Å². The molecule has 0 atom stereocenters. The molecule has 2 amide bonds. The normalized spacial score (nSPS) is 12.9. The van der Waals surface area contributed by atoms with E-state index in [-0.39, 0.29) is 12.0 Å². The maximum atomic E-state index is 12.4. The molecule has 3 rings (SSSR count). The van der Waals surface area contributed by atoms with Gasteiger partial charge in [0.1, 0.15) is 16.8 Å². The maximum Gasteiger partial charge on any atom is 0.410 e. The predicted octanol–water partition coefficient (Wildman–Crippen LogP) is 3.79. The quantitative estimate of drug-likeness (QED) is 0.756. The van der Waals surface area contributed by atoms with Gasteiger partial charge in [0.05, 0.1) is 25.8 Å². The lowest BCUT2D eigenvalue weighted by atomic mass is 10.0. The third kappa shape index (κ3) is 4.76. The number of ether oxygens (including phenoxy) is 2. The summed E-state index contributed by atoms with van der Waals surface area (Å²) in [5.41, 5.74) is 2.19. The first-order valence-electron chi connectivity index (χ1n) is 9.15. The maximum absolute atomic E-state index is 12.4. The average molecular weight is 411 g/mol. The Morgan fingerprint density at radius 1 is 1.41 bits per heavy atom. The summed E-state index contributed by atoms with van der Waals surface area (Å²) in [4.78, 5) is 26.8. The summed E-state index contributed by atoms with van der Waals surface area (Å²) < 4.78 is 10.2. The molecule has 0 radical (unpaired) electrons. The number of carbonyl (C=O) groups excluding carboxylic acids is 2. The van der Waals surface area contributed by atoms with Crippen LogP contribution < -0.4 is 10.1 Å². The Kier molecular flexibility index (Phi) is 6.52. The highest BCUT2D eigenvalue weighted by atomic mass is 32.1. The monoisotopic (exact) mass is 411 g/mol. The van der Waals surface area contributed by atoms with Gasteiger partial charge in [-0.15, -0.1) is 11.3 Å². The number of methoxy groups -OCH3 is 1. The third-order valence-electron chi connectivity index (χ3n) is 4.45. The van der Waals surface area contributed by atoms with Gasteiger partial charge in [-0.3, -0.25) is 4.79 Å². The summed E-state index contributed by atoms with van der Waals surface area (Å²) in [6.45, 7) is 2.94. The van der Waals surface area contributed by atoms with Crippen LogP contribution in [0.3, 0.4) is 0 Å². The number of nitrogens with zero attached hydrogens (tertiary/aromatic N) is 2. The van der Waals surface area contributed by atoms with Crippen molar-refractivity contribution in [3.05, 3.63) is 51.9 Å². The van der Waals surface area contributed by atoms with Crippen LogP contribution in [0.2, 0.25) is 0 Å². The van der Waals surface area contributed by atoms with Crippen LogP contribution in [0, 0.1) is 11.3 Å². The van der Waals surface area contributed by atoms with Crippen molar-refractivity contribution in [1.82, 2.24) is 4.90 Å². The second-order valence-corrected chi connectivity index (χ2v) is 7.39. The molecule has 8 heteroatoms. The Balaban J connectivity index is 1.73. The first-order valence-corrected chi connectivity index (χ1v) is 9.96. The number of carbonyl (C=O) groups is 2. The molecule has 1 aromatic carbocycles. The number of benzene rings is 1. The fraction of sp³-hybridized carbons (Fsp3) is 0.286. The summed E-state index contributed by atoms with van der Waals surface area (Å²) in [5.74, 6) is 0.376. The van der Waals surface area contributed by atoms with E-state index >= 15 is 0 Å². The molecule has 1 aromatic heterocycles. The van der Waals surface area contributed by atoms with Crippen molar-refractivity contribution >= 4 is 34.4 Å².